The quantitative estimate of drug-likeness (QED) is 0.488. The zero-order valence-electron chi connectivity index (χ0n) is 18.0. The van der Waals surface area contributed by atoms with E-state index < -0.39 is 5.25 Å². The van der Waals surface area contributed by atoms with E-state index in [4.69, 9.17) is 16.3 Å². The molecule has 7 nitrogen and oxygen atoms in total. The molecule has 0 radical (unpaired) electrons. The van der Waals surface area contributed by atoms with Gasteiger partial charge in [0.05, 0.1) is 29.9 Å². The summed E-state index contributed by atoms with van der Waals surface area (Å²) < 4.78 is 4.79. The lowest BCUT2D eigenvalue weighted by Gasteiger charge is -2.34. The van der Waals surface area contributed by atoms with Gasteiger partial charge in [-0.15, -0.1) is 11.8 Å². The van der Waals surface area contributed by atoms with Crippen LogP contribution in [0.25, 0.3) is 0 Å². The summed E-state index contributed by atoms with van der Waals surface area (Å²) in [5, 5.41) is 2.90. The van der Waals surface area contributed by atoms with E-state index in [-0.39, 0.29) is 24.3 Å². The average Bonchev–Trinajstić information content (AvgIpc) is 2.80. The minimum atomic E-state index is -0.414. The summed E-state index contributed by atoms with van der Waals surface area (Å²) in [5.41, 5.74) is 1.15. The predicted molar refractivity (Wildman–Crippen MR) is 126 cm³/mol. The molecule has 3 rings (SSSR count). The average molecular weight is 476 g/mol. The summed E-state index contributed by atoms with van der Waals surface area (Å²) >= 11 is 7.40. The Kier molecular flexibility index (Phi) is 8.55. The Morgan fingerprint density at radius 3 is 2.41 bits per heavy atom. The molecule has 170 valence electrons. The molecule has 1 aliphatic rings. The smallest absolute Gasteiger partial charge is 0.318 e. The number of nitrogens with zero attached hydrogens (tertiary/aromatic N) is 2. The van der Waals surface area contributed by atoms with Gasteiger partial charge in [-0.3, -0.25) is 19.3 Å². The number of halogens is 1. The first kappa shape index (κ1) is 24.1. The third kappa shape index (κ3) is 6.25. The number of hydrogen-bond acceptors (Lipinski definition) is 6. The van der Waals surface area contributed by atoms with Crippen LogP contribution in [-0.2, 0) is 14.3 Å². The van der Waals surface area contributed by atoms with Crippen LogP contribution in [0.2, 0.25) is 5.02 Å². The number of thioether (sulfide) groups is 1. The van der Waals surface area contributed by atoms with Gasteiger partial charge in [0.2, 0.25) is 5.91 Å². The molecule has 1 unspecified atom stereocenters. The molecule has 0 aliphatic carbocycles. The first-order chi connectivity index (χ1) is 15.4. The molecule has 0 saturated carbocycles. The van der Waals surface area contributed by atoms with Gasteiger partial charge >= 0.3 is 5.97 Å². The summed E-state index contributed by atoms with van der Waals surface area (Å²) in [7, 11) is 1.35. The summed E-state index contributed by atoms with van der Waals surface area (Å²) in [4.78, 5) is 41.8. The van der Waals surface area contributed by atoms with Crippen LogP contribution in [0.4, 0.5) is 5.69 Å². The van der Waals surface area contributed by atoms with Crippen LogP contribution in [0.1, 0.15) is 17.3 Å². The number of carbonyl (C=O) groups excluding carboxylic acids is 3. The van der Waals surface area contributed by atoms with Crippen molar-refractivity contribution in [1.29, 1.82) is 0 Å². The standard InChI is InChI=1S/C23H26ClN3O4S/c1-16(23(30)31-2)32-20-10-6-3-7-17(20)22(29)27-13-11-26(12-14-27)15-21(28)25-19-9-5-4-8-18(19)24/h3-10,16H,11-15H2,1-2H3,(H,25,28). The van der Waals surface area contributed by atoms with Crippen LogP contribution < -0.4 is 5.32 Å². The maximum absolute atomic E-state index is 13.1. The molecular weight excluding hydrogens is 450 g/mol. The molecular formula is C23H26ClN3O4S. The van der Waals surface area contributed by atoms with E-state index in [1.807, 2.05) is 29.2 Å². The SMILES string of the molecule is COC(=O)C(C)Sc1ccccc1C(=O)N1CCN(CC(=O)Nc2ccccc2Cl)CC1. The Morgan fingerprint density at radius 1 is 1.06 bits per heavy atom. The number of methoxy groups -OCH3 is 1. The van der Waals surface area contributed by atoms with Crippen molar-refractivity contribution in [3.8, 4) is 0 Å². The summed E-state index contributed by atoms with van der Waals surface area (Å²) in [6, 6.07) is 14.4. The molecule has 2 aromatic rings. The number of esters is 1. The first-order valence-electron chi connectivity index (χ1n) is 10.3. The van der Waals surface area contributed by atoms with Crippen molar-refractivity contribution in [2.45, 2.75) is 17.1 Å². The number of rotatable bonds is 7. The molecule has 0 aromatic heterocycles. The number of amides is 2. The summed E-state index contributed by atoms with van der Waals surface area (Å²) in [5.74, 6) is -0.553. The monoisotopic (exact) mass is 475 g/mol. The molecule has 32 heavy (non-hydrogen) atoms. The van der Waals surface area contributed by atoms with Crippen molar-refractivity contribution < 1.29 is 19.1 Å². The molecule has 1 atom stereocenters. The topological polar surface area (TPSA) is 79.0 Å². The van der Waals surface area contributed by atoms with Crippen molar-refractivity contribution in [3.05, 3.63) is 59.1 Å². The molecule has 9 heteroatoms. The third-order valence-electron chi connectivity index (χ3n) is 5.13. The Hall–Kier alpha value is -2.55. The van der Waals surface area contributed by atoms with Gasteiger partial charge in [-0.25, -0.2) is 0 Å². The Bertz CT molecular complexity index is 979. The first-order valence-corrected chi connectivity index (χ1v) is 11.5. The number of hydrogen-bond donors (Lipinski definition) is 1. The highest BCUT2D eigenvalue weighted by atomic mass is 35.5. The number of nitrogens with one attached hydrogen (secondary N) is 1. The number of anilines is 1. The number of piperazine rings is 1. The van der Waals surface area contributed by atoms with Crippen LogP contribution >= 0.6 is 23.4 Å². The molecule has 1 heterocycles. The summed E-state index contributed by atoms with van der Waals surface area (Å²) in [6.07, 6.45) is 0. The molecule has 1 fully saturated rings. The van der Waals surface area contributed by atoms with E-state index in [0.717, 1.165) is 4.90 Å². The van der Waals surface area contributed by atoms with Crippen LogP contribution in [0.3, 0.4) is 0 Å². The van der Waals surface area contributed by atoms with Gasteiger partial charge in [-0.05, 0) is 31.2 Å². The van der Waals surface area contributed by atoms with Gasteiger partial charge in [0, 0.05) is 31.1 Å². The Morgan fingerprint density at radius 2 is 1.72 bits per heavy atom. The van der Waals surface area contributed by atoms with Gasteiger partial charge in [-0.2, -0.15) is 0 Å². The third-order valence-corrected chi connectivity index (χ3v) is 6.61. The van der Waals surface area contributed by atoms with Crippen molar-refractivity contribution in [2.24, 2.45) is 0 Å². The van der Waals surface area contributed by atoms with Crippen molar-refractivity contribution in [1.82, 2.24) is 9.80 Å². The molecule has 0 bridgehead atoms. The lowest BCUT2D eigenvalue weighted by molar-refractivity contribution is -0.139. The molecule has 2 amide bonds. The van der Waals surface area contributed by atoms with E-state index in [9.17, 15) is 14.4 Å². The second-order valence-electron chi connectivity index (χ2n) is 7.38. The van der Waals surface area contributed by atoms with E-state index in [1.165, 1.54) is 18.9 Å². The molecule has 2 aromatic carbocycles. The number of benzene rings is 2. The van der Waals surface area contributed by atoms with Crippen LogP contribution in [0, 0.1) is 0 Å². The van der Waals surface area contributed by atoms with Gasteiger partial charge in [0.15, 0.2) is 0 Å². The van der Waals surface area contributed by atoms with Crippen molar-refractivity contribution >= 4 is 46.8 Å². The predicted octanol–water partition coefficient (Wildman–Crippen LogP) is 3.39. The fourth-order valence-corrected chi connectivity index (χ4v) is 4.58. The fourth-order valence-electron chi connectivity index (χ4n) is 3.39. The van der Waals surface area contributed by atoms with E-state index in [0.29, 0.717) is 42.5 Å². The highest BCUT2D eigenvalue weighted by molar-refractivity contribution is 8.00. The number of carbonyl (C=O) groups is 3. The van der Waals surface area contributed by atoms with Gasteiger partial charge < -0.3 is 15.0 Å². The maximum Gasteiger partial charge on any atom is 0.318 e. The highest BCUT2D eigenvalue weighted by Crippen LogP contribution is 2.28. The van der Waals surface area contributed by atoms with Gasteiger partial charge in [0.1, 0.15) is 5.25 Å². The van der Waals surface area contributed by atoms with Gasteiger partial charge in [0.25, 0.3) is 5.91 Å². The zero-order chi connectivity index (χ0) is 23.1. The van der Waals surface area contributed by atoms with Gasteiger partial charge in [-0.1, -0.05) is 35.9 Å². The van der Waals surface area contributed by atoms with Crippen molar-refractivity contribution in [3.63, 3.8) is 0 Å². The fraction of sp³-hybridized carbons (Fsp3) is 0.348. The van der Waals surface area contributed by atoms with Crippen LogP contribution in [-0.4, -0.2) is 72.7 Å². The molecule has 0 spiro atoms. The van der Waals surface area contributed by atoms with E-state index in [1.54, 1.807) is 36.1 Å². The minimum absolute atomic E-state index is 0.0784. The number of para-hydroxylation sites is 1. The normalized spacial score (nSPS) is 15.2. The second-order valence-corrected chi connectivity index (χ2v) is 9.17. The largest absolute Gasteiger partial charge is 0.468 e. The van der Waals surface area contributed by atoms with Crippen LogP contribution in [0.5, 0.6) is 0 Å². The minimum Gasteiger partial charge on any atom is -0.468 e. The Labute approximate surface area is 197 Å². The zero-order valence-corrected chi connectivity index (χ0v) is 19.6. The second kappa shape index (κ2) is 11.4. The molecule has 1 saturated heterocycles. The Balaban J connectivity index is 1.55. The molecule has 1 N–H and O–H groups in total. The lowest BCUT2D eigenvalue weighted by atomic mass is 10.2. The van der Waals surface area contributed by atoms with Crippen molar-refractivity contribution in [2.75, 3.05) is 45.2 Å². The van der Waals surface area contributed by atoms with E-state index in [2.05, 4.69) is 5.32 Å². The maximum atomic E-state index is 13.1. The summed E-state index contributed by atoms with van der Waals surface area (Å²) in [6.45, 7) is 4.21. The van der Waals surface area contributed by atoms with E-state index >= 15 is 0 Å². The highest BCUT2D eigenvalue weighted by Gasteiger charge is 2.26. The lowest BCUT2D eigenvalue weighted by Crippen LogP contribution is -2.50. The number of ether oxygens (including phenoxy) is 1. The van der Waals surface area contributed by atoms with Crippen LogP contribution in [0.15, 0.2) is 53.4 Å². The molecule has 1 aliphatic heterocycles.